The van der Waals surface area contributed by atoms with Crippen LogP contribution in [0.4, 0.5) is 5.69 Å². The summed E-state index contributed by atoms with van der Waals surface area (Å²) in [5.74, 6) is -0.115. The number of hydrogen-bond donors (Lipinski definition) is 0. The van der Waals surface area contributed by atoms with Crippen molar-refractivity contribution in [2.75, 3.05) is 6.54 Å². The van der Waals surface area contributed by atoms with Gasteiger partial charge in [0.25, 0.3) is 11.6 Å². The summed E-state index contributed by atoms with van der Waals surface area (Å²) < 4.78 is 0.542. The minimum atomic E-state index is -0.458. The topological polar surface area (TPSA) is 63.5 Å². The van der Waals surface area contributed by atoms with E-state index in [0.717, 1.165) is 5.56 Å². The van der Waals surface area contributed by atoms with Crippen LogP contribution in [0.25, 0.3) is 6.08 Å². The predicted octanol–water partition coefficient (Wildman–Crippen LogP) is 2.82. The molecule has 19 heavy (non-hydrogen) atoms. The van der Waals surface area contributed by atoms with Gasteiger partial charge in [-0.3, -0.25) is 19.8 Å². The third-order valence-corrected chi connectivity index (χ3v) is 3.97. The highest BCUT2D eigenvalue weighted by atomic mass is 32.2. The molecule has 1 aliphatic rings. The molecule has 0 radical (unpaired) electrons. The second-order valence-corrected chi connectivity index (χ2v) is 5.45. The number of nitrogens with zero attached hydrogens (tertiary/aromatic N) is 2. The Hall–Kier alpha value is -1.73. The van der Waals surface area contributed by atoms with E-state index in [-0.39, 0.29) is 11.6 Å². The van der Waals surface area contributed by atoms with Crippen molar-refractivity contribution in [3.63, 3.8) is 0 Å². The summed E-state index contributed by atoms with van der Waals surface area (Å²) in [5, 5.41) is 10.5. The molecule has 1 heterocycles. The van der Waals surface area contributed by atoms with Crippen molar-refractivity contribution in [2.24, 2.45) is 0 Å². The number of hydrogen-bond acceptors (Lipinski definition) is 5. The summed E-state index contributed by atoms with van der Waals surface area (Å²) in [6, 6.07) is 6.03. The second kappa shape index (κ2) is 5.50. The van der Waals surface area contributed by atoms with Gasteiger partial charge >= 0.3 is 0 Å². The Bertz CT molecular complexity index is 581. The van der Waals surface area contributed by atoms with Crippen molar-refractivity contribution >= 4 is 46.0 Å². The number of thioether (sulfide) groups is 1. The third kappa shape index (κ3) is 2.82. The predicted molar refractivity (Wildman–Crippen MR) is 78.6 cm³/mol. The molecular formula is C12H10N2O3S2. The monoisotopic (exact) mass is 294 g/mol. The van der Waals surface area contributed by atoms with Gasteiger partial charge in [-0.05, 0) is 30.7 Å². The Balaban J connectivity index is 2.25. The SMILES string of the molecule is CCN1C(=O)/C(=C/c2ccc([N+](=O)[O-])cc2)SC1=S. The number of non-ortho nitro benzene ring substituents is 1. The van der Waals surface area contributed by atoms with E-state index < -0.39 is 4.92 Å². The van der Waals surface area contributed by atoms with Crippen molar-refractivity contribution in [3.05, 3.63) is 44.8 Å². The molecular weight excluding hydrogens is 284 g/mol. The minimum absolute atomic E-state index is 0.0262. The van der Waals surface area contributed by atoms with E-state index in [2.05, 4.69) is 0 Å². The Kier molecular flexibility index (Phi) is 3.96. The van der Waals surface area contributed by atoms with Crippen LogP contribution < -0.4 is 0 Å². The standard InChI is InChI=1S/C12H10N2O3S2/c1-2-13-11(15)10(19-12(13)18)7-8-3-5-9(6-4-8)14(16)17/h3-7H,2H2,1H3/b10-7-. The normalized spacial score (nSPS) is 17.3. The molecule has 1 amide bonds. The van der Waals surface area contributed by atoms with Crippen LogP contribution in [0.3, 0.4) is 0 Å². The summed E-state index contributed by atoms with van der Waals surface area (Å²) in [7, 11) is 0. The number of nitro benzene ring substituents is 1. The van der Waals surface area contributed by atoms with Crippen molar-refractivity contribution in [3.8, 4) is 0 Å². The average molecular weight is 294 g/mol. The molecule has 0 N–H and O–H groups in total. The van der Waals surface area contributed by atoms with Crippen molar-refractivity contribution in [2.45, 2.75) is 6.92 Å². The van der Waals surface area contributed by atoms with Crippen LogP contribution in [0.15, 0.2) is 29.2 Å². The fourth-order valence-electron chi connectivity index (χ4n) is 1.62. The molecule has 7 heteroatoms. The van der Waals surface area contributed by atoms with Crippen LogP contribution in [-0.2, 0) is 4.79 Å². The quantitative estimate of drug-likeness (QED) is 0.371. The number of carbonyl (C=O) groups excluding carboxylic acids is 1. The Morgan fingerprint density at radius 3 is 2.53 bits per heavy atom. The molecule has 1 aromatic rings. The molecule has 0 spiro atoms. The van der Waals surface area contributed by atoms with E-state index in [1.807, 2.05) is 6.92 Å². The Morgan fingerprint density at radius 2 is 2.05 bits per heavy atom. The average Bonchev–Trinajstić information content (AvgIpc) is 2.64. The summed E-state index contributed by atoms with van der Waals surface area (Å²) >= 11 is 6.35. The molecule has 1 fully saturated rings. The first-order valence-electron chi connectivity index (χ1n) is 5.52. The number of carbonyl (C=O) groups is 1. The van der Waals surface area contributed by atoms with E-state index >= 15 is 0 Å². The fraction of sp³-hybridized carbons (Fsp3) is 0.167. The van der Waals surface area contributed by atoms with Gasteiger partial charge in [-0.25, -0.2) is 0 Å². The third-order valence-electron chi connectivity index (χ3n) is 2.59. The van der Waals surface area contributed by atoms with E-state index in [4.69, 9.17) is 12.2 Å². The second-order valence-electron chi connectivity index (χ2n) is 3.77. The minimum Gasteiger partial charge on any atom is -0.293 e. The molecule has 0 aliphatic carbocycles. The molecule has 0 saturated carbocycles. The number of rotatable bonds is 3. The lowest BCUT2D eigenvalue weighted by Crippen LogP contribution is -2.27. The Labute approximate surface area is 119 Å². The summed E-state index contributed by atoms with van der Waals surface area (Å²) in [4.78, 5) is 24.1. The molecule has 2 rings (SSSR count). The van der Waals surface area contributed by atoms with E-state index in [1.54, 1.807) is 18.2 Å². The first-order chi connectivity index (χ1) is 9.02. The highest BCUT2D eigenvalue weighted by Gasteiger charge is 2.30. The van der Waals surface area contributed by atoms with Gasteiger partial charge in [-0.1, -0.05) is 24.0 Å². The molecule has 0 bridgehead atoms. The van der Waals surface area contributed by atoms with Crippen LogP contribution in [0, 0.1) is 10.1 Å². The number of likely N-dealkylation sites (N-methyl/N-ethyl adjacent to an activating group) is 1. The molecule has 1 aromatic carbocycles. The molecule has 0 unspecified atom stereocenters. The number of benzene rings is 1. The van der Waals surface area contributed by atoms with E-state index in [1.165, 1.54) is 28.8 Å². The molecule has 0 atom stereocenters. The first-order valence-corrected chi connectivity index (χ1v) is 6.75. The van der Waals surface area contributed by atoms with Gasteiger partial charge in [0.15, 0.2) is 0 Å². The lowest BCUT2D eigenvalue weighted by molar-refractivity contribution is -0.384. The van der Waals surface area contributed by atoms with Crippen LogP contribution in [-0.4, -0.2) is 26.6 Å². The number of nitro groups is 1. The largest absolute Gasteiger partial charge is 0.293 e. The maximum absolute atomic E-state index is 12.0. The highest BCUT2D eigenvalue weighted by molar-refractivity contribution is 8.26. The summed E-state index contributed by atoms with van der Waals surface area (Å²) in [5.41, 5.74) is 0.764. The van der Waals surface area contributed by atoms with Crippen LogP contribution in [0.1, 0.15) is 12.5 Å². The van der Waals surface area contributed by atoms with Gasteiger partial charge in [0.1, 0.15) is 4.32 Å². The van der Waals surface area contributed by atoms with Gasteiger partial charge in [0, 0.05) is 18.7 Å². The van der Waals surface area contributed by atoms with Gasteiger partial charge in [0.2, 0.25) is 0 Å². The van der Waals surface area contributed by atoms with E-state index in [9.17, 15) is 14.9 Å². The zero-order chi connectivity index (χ0) is 14.0. The lowest BCUT2D eigenvalue weighted by atomic mass is 10.2. The molecule has 5 nitrogen and oxygen atoms in total. The summed E-state index contributed by atoms with van der Waals surface area (Å²) in [6.07, 6.45) is 1.69. The lowest BCUT2D eigenvalue weighted by Gasteiger charge is -2.09. The van der Waals surface area contributed by atoms with Gasteiger partial charge in [0.05, 0.1) is 9.83 Å². The molecule has 1 aliphatic heterocycles. The van der Waals surface area contributed by atoms with Gasteiger partial charge in [-0.15, -0.1) is 0 Å². The summed E-state index contributed by atoms with van der Waals surface area (Å²) in [6.45, 7) is 2.40. The van der Waals surface area contributed by atoms with Crippen molar-refractivity contribution in [1.29, 1.82) is 0 Å². The van der Waals surface area contributed by atoms with Crippen LogP contribution in [0.2, 0.25) is 0 Å². The zero-order valence-electron chi connectivity index (χ0n) is 10.0. The van der Waals surface area contributed by atoms with E-state index in [0.29, 0.717) is 15.8 Å². The van der Waals surface area contributed by atoms with Crippen LogP contribution >= 0.6 is 24.0 Å². The maximum Gasteiger partial charge on any atom is 0.269 e. The number of amides is 1. The van der Waals surface area contributed by atoms with Gasteiger partial charge in [-0.2, -0.15) is 0 Å². The zero-order valence-corrected chi connectivity index (χ0v) is 11.7. The molecule has 0 aromatic heterocycles. The molecule has 1 saturated heterocycles. The maximum atomic E-state index is 12.0. The number of thiocarbonyl (C=S) groups is 1. The smallest absolute Gasteiger partial charge is 0.269 e. The Morgan fingerprint density at radius 1 is 1.42 bits per heavy atom. The highest BCUT2D eigenvalue weighted by Crippen LogP contribution is 2.32. The van der Waals surface area contributed by atoms with Crippen molar-refractivity contribution < 1.29 is 9.72 Å². The van der Waals surface area contributed by atoms with Crippen molar-refractivity contribution in [1.82, 2.24) is 4.90 Å². The fourth-order valence-corrected chi connectivity index (χ4v) is 3.00. The molecule has 98 valence electrons. The van der Waals surface area contributed by atoms with Gasteiger partial charge < -0.3 is 0 Å². The first kappa shape index (κ1) is 13.7. The van der Waals surface area contributed by atoms with Crippen LogP contribution in [0.5, 0.6) is 0 Å².